The number of hydrogen-bond donors (Lipinski definition) is 1. The van der Waals surface area contributed by atoms with Crippen LogP contribution >= 0.6 is 0 Å². The molecular weight excluding hydrogens is 184 g/mol. The van der Waals surface area contributed by atoms with Crippen LogP contribution in [0.3, 0.4) is 0 Å². The van der Waals surface area contributed by atoms with Crippen molar-refractivity contribution in [2.75, 3.05) is 19.6 Å². The standard InChI is InChI=1S/C9H14N2O3/c1-7(12)2-4-11-5-3-8(13)10-6-9(11)14/h2-6H2,1H3,(H,10,13). The lowest BCUT2D eigenvalue weighted by Crippen LogP contribution is -2.36. The van der Waals surface area contributed by atoms with E-state index in [1.807, 2.05) is 0 Å². The van der Waals surface area contributed by atoms with Gasteiger partial charge >= 0.3 is 0 Å². The van der Waals surface area contributed by atoms with Gasteiger partial charge in [-0.15, -0.1) is 0 Å². The first kappa shape index (κ1) is 10.7. The first-order chi connectivity index (χ1) is 6.59. The third-order valence-electron chi connectivity index (χ3n) is 2.13. The van der Waals surface area contributed by atoms with Crippen LogP contribution in [-0.4, -0.2) is 42.1 Å². The molecule has 1 N–H and O–H groups in total. The van der Waals surface area contributed by atoms with E-state index >= 15 is 0 Å². The third kappa shape index (κ3) is 3.16. The minimum absolute atomic E-state index is 0.0523. The number of carbonyl (C=O) groups excluding carboxylic acids is 3. The average molecular weight is 198 g/mol. The highest BCUT2D eigenvalue weighted by molar-refractivity contribution is 5.87. The number of nitrogens with one attached hydrogen (secondary N) is 1. The molecule has 0 aliphatic carbocycles. The smallest absolute Gasteiger partial charge is 0.241 e. The summed E-state index contributed by atoms with van der Waals surface area (Å²) >= 11 is 0. The molecular formula is C9H14N2O3. The maximum absolute atomic E-state index is 11.4. The second-order valence-corrected chi connectivity index (χ2v) is 3.36. The van der Waals surface area contributed by atoms with Gasteiger partial charge in [-0.25, -0.2) is 0 Å². The van der Waals surface area contributed by atoms with E-state index < -0.39 is 0 Å². The Morgan fingerprint density at radius 1 is 1.50 bits per heavy atom. The summed E-state index contributed by atoms with van der Waals surface area (Å²) in [4.78, 5) is 34.6. The molecule has 0 saturated carbocycles. The number of Topliss-reactive ketones (excluding diaryl/α,β-unsaturated/α-hetero) is 1. The van der Waals surface area contributed by atoms with Crippen molar-refractivity contribution in [3.05, 3.63) is 0 Å². The van der Waals surface area contributed by atoms with Gasteiger partial charge in [0.2, 0.25) is 11.8 Å². The maximum atomic E-state index is 11.4. The van der Waals surface area contributed by atoms with Gasteiger partial charge < -0.3 is 10.2 Å². The Morgan fingerprint density at radius 2 is 2.21 bits per heavy atom. The first-order valence-electron chi connectivity index (χ1n) is 4.63. The number of hydrogen-bond acceptors (Lipinski definition) is 3. The van der Waals surface area contributed by atoms with Gasteiger partial charge in [0.15, 0.2) is 0 Å². The number of ketones is 1. The Morgan fingerprint density at radius 3 is 2.86 bits per heavy atom. The van der Waals surface area contributed by atoms with Crippen LogP contribution in [0.15, 0.2) is 0 Å². The number of rotatable bonds is 3. The van der Waals surface area contributed by atoms with E-state index in [9.17, 15) is 14.4 Å². The van der Waals surface area contributed by atoms with Crippen LogP contribution < -0.4 is 5.32 Å². The Balaban J connectivity index is 2.45. The Kier molecular flexibility index (Phi) is 3.62. The molecule has 1 fully saturated rings. The van der Waals surface area contributed by atoms with Crippen molar-refractivity contribution in [1.29, 1.82) is 0 Å². The van der Waals surface area contributed by atoms with Gasteiger partial charge in [-0.1, -0.05) is 0 Å². The second-order valence-electron chi connectivity index (χ2n) is 3.36. The van der Waals surface area contributed by atoms with E-state index in [0.717, 1.165) is 0 Å². The molecule has 1 aliphatic rings. The molecule has 0 aromatic rings. The quantitative estimate of drug-likeness (QED) is 0.653. The number of carbonyl (C=O) groups is 3. The van der Waals surface area contributed by atoms with Gasteiger partial charge in [-0.05, 0) is 6.92 Å². The van der Waals surface area contributed by atoms with Gasteiger partial charge in [-0.3, -0.25) is 14.4 Å². The fourth-order valence-electron chi connectivity index (χ4n) is 1.26. The summed E-state index contributed by atoms with van der Waals surface area (Å²) in [5.74, 6) is -0.165. The van der Waals surface area contributed by atoms with Crippen molar-refractivity contribution in [2.24, 2.45) is 0 Å². The zero-order valence-corrected chi connectivity index (χ0v) is 8.21. The molecule has 0 atom stereocenters. The normalized spacial score (nSPS) is 17.6. The van der Waals surface area contributed by atoms with E-state index in [1.165, 1.54) is 6.92 Å². The summed E-state index contributed by atoms with van der Waals surface area (Å²) in [6, 6.07) is 0. The SMILES string of the molecule is CC(=O)CCN1CCC(=O)NCC1=O. The lowest BCUT2D eigenvalue weighted by molar-refractivity contribution is -0.130. The van der Waals surface area contributed by atoms with Crippen molar-refractivity contribution < 1.29 is 14.4 Å². The Hall–Kier alpha value is -1.39. The van der Waals surface area contributed by atoms with Crippen LogP contribution in [0.1, 0.15) is 19.8 Å². The summed E-state index contributed by atoms with van der Waals surface area (Å²) in [6.07, 6.45) is 0.684. The van der Waals surface area contributed by atoms with Crippen molar-refractivity contribution in [1.82, 2.24) is 10.2 Å². The fourth-order valence-corrected chi connectivity index (χ4v) is 1.26. The number of amides is 2. The van der Waals surface area contributed by atoms with Crippen LogP contribution in [0.4, 0.5) is 0 Å². The van der Waals surface area contributed by atoms with E-state index in [2.05, 4.69) is 5.32 Å². The molecule has 0 bridgehead atoms. The highest BCUT2D eigenvalue weighted by atomic mass is 16.2. The summed E-state index contributed by atoms with van der Waals surface area (Å²) in [6.45, 7) is 2.38. The van der Waals surface area contributed by atoms with E-state index in [-0.39, 0.29) is 24.1 Å². The third-order valence-corrected chi connectivity index (χ3v) is 2.13. The summed E-state index contributed by atoms with van der Waals surface area (Å²) in [7, 11) is 0. The van der Waals surface area contributed by atoms with Gasteiger partial charge in [-0.2, -0.15) is 0 Å². The molecule has 5 nitrogen and oxygen atoms in total. The molecule has 0 radical (unpaired) electrons. The molecule has 78 valence electrons. The van der Waals surface area contributed by atoms with Crippen LogP contribution in [0, 0.1) is 0 Å². The number of nitrogens with zero attached hydrogens (tertiary/aromatic N) is 1. The lowest BCUT2D eigenvalue weighted by atomic mass is 10.3. The molecule has 1 heterocycles. The predicted octanol–water partition coefficient (Wildman–Crippen LogP) is -0.686. The zero-order valence-electron chi connectivity index (χ0n) is 8.21. The van der Waals surface area contributed by atoms with Crippen LogP contribution in [0.2, 0.25) is 0 Å². The second kappa shape index (κ2) is 4.74. The topological polar surface area (TPSA) is 66.5 Å². The van der Waals surface area contributed by atoms with Crippen LogP contribution in [0.25, 0.3) is 0 Å². The molecule has 0 spiro atoms. The van der Waals surface area contributed by atoms with Gasteiger partial charge in [0.05, 0.1) is 6.54 Å². The molecule has 2 amide bonds. The highest BCUT2D eigenvalue weighted by Crippen LogP contribution is 1.99. The molecule has 5 heteroatoms. The largest absolute Gasteiger partial charge is 0.347 e. The van der Waals surface area contributed by atoms with Crippen LogP contribution in [-0.2, 0) is 14.4 Å². The van der Waals surface area contributed by atoms with E-state index in [0.29, 0.717) is 25.9 Å². The highest BCUT2D eigenvalue weighted by Gasteiger charge is 2.19. The molecule has 0 unspecified atom stereocenters. The summed E-state index contributed by atoms with van der Waals surface area (Å²) in [5, 5.41) is 2.50. The first-order valence-corrected chi connectivity index (χ1v) is 4.63. The molecule has 1 saturated heterocycles. The fraction of sp³-hybridized carbons (Fsp3) is 0.667. The van der Waals surface area contributed by atoms with Crippen molar-refractivity contribution >= 4 is 17.6 Å². The Bertz CT molecular complexity index is 263. The molecule has 0 aromatic heterocycles. The summed E-state index contributed by atoms with van der Waals surface area (Å²) < 4.78 is 0. The van der Waals surface area contributed by atoms with Crippen LogP contribution in [0.5, 0.6) is 0 Å². The molecule has 0 aromatic carbocycles. The maximum Gasteiger partial charge on any atom is 0.241 e. The predicted molar refractivity (Wildman–Crippen MR) is 49.5 cm³/mol. The van der Waals surface area contributed by atoms with E-state index in [4.69, 9.17) is 0 Å². The zero-order chi connectivity index (χ0) is 10.6. The molecule has 14 heavy (non-hydrogen) atoms. The monoisotopic (exact) mass is 198 g/mol. The van der Waals surface area contributed by atoms with Gasteiger partial charge in [0.1, 0.15) is 5.78 Å². The summed E-state index contributed by atoms with van der Waals surface area (Å²) in [5.41, 5.74) is 0. The van der Waals surface area contributed by atoms with Gasteiger partial charge in [0.25, 0.3) is 0 Å². The van der Waals surface area contributed by atoms with Crippen molar-refractivity contribution in [2.45, 2.75) is 19.8 Å². The molecule has 1 rings (SSSR count). The molecule has 1 aliphatic heterocycles. The lowest BCUT2D eigenvalue weighted by Gasteiger charge is -2.18. The minimum Gasteiger partial charge on any atom is -0.347 e. The average Bonchev–Trinajstić information content (AvgIpc) is 2.27. The van der Waals surface area contributed by atoms with Gasteiger partial charge in [0, 0.05) is 25.9 Å². The van der Waals surface area contributed by atoms with E-state index in [1.54, 1.807) is 4.90 Å². The van der Waals surface area contributed by atoms with Crippen molar-refractivity contribution in [3.63, 3.8) is 0 Å². The Labute approximate surface area is 82.4 Å². The minimum atomic E-state index is -0.114. The van der Waals surface area contributed by atoms with Crippen molar-refractivity contribution in [3.8, 4) is 0 Å².